The van der Waals surface area contributed by atoms with Gasteiger partial charge in [0.25, 0.3) is 0 Å². The molecule has 3 rings (SSSR count). The van der Waals surface area contributed by atoms with Gasteiger partial charge in [0.1, 0.15) is 0 Å². The molecule has 2 aromatic rings. The highest BCUT2D eigenvalue weighted by Crippen LogP contribution is 2.27. The average Bonchev–Trinajstić information content (AvgIpc) is 2.93. The third kappa shape index (κ3) is 3.89. The first-order valence-electron chi connectivity index (χ1n) is 7.26. The number of amides is 1. The first kappa shape index (κ1) is 15.9. The largest absolute Gasteiger partial charge is 0.363 e. The van der Waals surface area contributed by atoms with Crippen LogP contribution in [0.25, 0.3) is 0 Å². The average molecular weight is 348 g/mol. The van der Waals surface area contributed by atoms with E-state index in [4.69, 9.17) is 0 Å². The number of Topliss-reactive ketones (excluding diaryl/α,β-unsaturated/α-hetero) is 1. The zero-order valence-electron chi connectivity index (χ0n) is 12.6. The zero-order valence-corrected chi connectivity index (χ0v) is 14.2. The molecule has 1 amide bonds. The van der Waals surface area contributed by atoms with E-state index in [9.17, 15) is 9.59 Å². The van der Waals surface area contributed by atoms with Gasteiger partial charge in [0, 0.05) is 24.7 Å². The molecule has 1 aromatic carbocycles. The number of nitrogens with one attached hydrogen (secondary N) is 2. The minimum Gasteiger partial charge on any atom is -0.363 e. The maximum absolute atomic E-state index is 12.4. The molecular weight excluding hydrogens is 332 g/mol. The molecule has 0 unspecified atom stereocenters. The van der Waals surface area contributed by atoms with Crippen LogP contribution in [0.2, 0.25) is 0 Å². The van der Waals surface area contributed by atoms with Gasteiger partial charge in [0.2, 0.25) is 11.0 Å². The van der Waals surface area contributed by atoms with Crippen LogP contribution in [0, 0.1) is 0 Å². The molecule has 23 heavy (non-hydrogen) atoms. The van der Waals surface area contributed by atoms with Gasteiger partial charge >= 0.3 is 0 Å². The molecule has 0 spiro atoms. The zero-order chi connectivity index (χ0) is 16.2. The molecule has 2 heterocycles. The third-order valence-electron chi connectivity index (χ3n) is 3.50. The quantitative estimate of drug-likeness (QED) is 0.638. The number of aromatic nitrogens is 2. The van der Waals surface area contributed by atoms with Gasteiger partial charge in [0.05, 0.1) is 5.75 Å². The number of benzene rings is 1. The third-order valence-corrected chi connectivity index (χ3v) is 5.57. The van der Waals surface area contributed by atoms with Crippen molar-refractivity contribution in [1.82, 2.24) is 10.2 Å². The van der Waals surface area contributed by atoms with E-state index in [1.54, 1.807) is 13.1 Å². The van der Waals surface area contributed by atoms with Crippen molar-refractivity contribution in [3.8, 4) is 0 Å². The monoisotopic (exact) mass is 348 g/mol. The lowest BCUT2D eigenvalue weighted by atomic mass is 10.0. The summed E-state index contributed by atoms with van der Waals surface area (Å²) in [5.74, 6) is 0.410. The molecule has 1 aliphatic rings. The Morgan fingerprint density at radius 3 is 3.04 bits per heavy atom. The van der Waals surface area contributed by atoms with Crippen LogP contribution in [0.5, 0.6) is 0 Å². The number of rotatable bonds is 5. The number of anilines is 2. The minimum atomic E-state index is 0.0370. The second-order valence-electron chi connectivity index (χ2n) is 5.11. The molecule has 8 heteroatoms. The summed E-state index contributed by atoms with van der Waals surface area (Å²) in [6, 6.07) is 5.48. The molecule has 6 nitrogen and oxygen atoms in total. The molecule has 0 bridgehead atoms. The first-order valence-corrected chi connectivity index (χ1v) is 9.06. The molecule has 2 N–H and O–H groups in total. The predicted molar refractivity (Wildman–Crippen MR) is 92.5 cm³/mol. The maximum Gasteiger partial charge on any atom is 0.224 e. The van der Waals surface area contributed by atoms with Crippen LogP contribution >= 0.6 is 23.1 Å². The summed E-state index contributed by atoms with van der Waals surface area (Å²) < 4.78 is 0.768. The number of hydrogen-bond donors (Lipinski definition) is 2. The highest BCUT2D eigenvalue weighted by molar-refractivity contribution is 8.01. The highest BCUT2D eigenvalue weighted by Gasteiger charge is 2.16. The van der Waals surface area contributed by atoms with Gasteiger partial charge in [0.15, 0.2) is 10.1 Å². The van der Waals surface area contributed by atoms with Crippen LogP contribution in [0.4, 0.5) is 10.8 Å². The Bertz CT molecular complexity index is 745. The van der Waals surface area contributed by atoms with E-state index in [1.807, 2.05) is 12.1 Å². The van der Waals surface area contributed by atoms with Crippen LogP contribution in [0.15, 0.2) is 22.5 Å². The Labute approximate surface area is 142 Å². The molecular formula is C15H16N4O2S2. The number of nitrogens with zero attached hydrogens (tertiary/aromatic N) is 2. The van der Waals surface area contributed by atoms with E-state index in [0.717, 1.165) is 33.6 Å². The predicted octanol–water partition coefficient (Wildman–Crippen LogP) is 2.83. The summed E-state index contributed by atoms with van der Waals surface area (Å²) in [4.78, 5) is 23.9. The Balaban J connectivity index is 1.67. The molecule has 0 atom stereocenters. The van der Waals surface area contributed by atoms with Gasteiger partial charge in [-0.2, -0.15) is 0 Å². The van der Waals surface area contributed by atoms with Crippen molar-refractivity contribution in [2.24, 2.45) is 0 Å². The second kappa shape index (κ2) is 7.10. The van der Waals surface area contributed by atoms with Gasteiger partial charge in [-0.15, -0.1) is 10.2 Å². The van der Waals surface area contributed by atoms with Gasteiger partial charge in [-0.05, 0) is 36.6 Å². The van der Waals surface area contributed by atoms with Gasteiger partial charge in [-0.25, -0.2) is 0 Å². The number of ketones is 1. The van der Waals surface area contributed by atoms with Crippen LogP contribution in [-0.4, -0.2) is 34.7 Å². The second-order valence-corrected chi connectivity index (χ2v) is 7.31. The summed E-state index contributed by atoms with van der Waals surface area (Å²) in [6.45, 7) is 0. The summed E-state index contributed by atoms with van der Waals surface area (Å²) >= 11 is 2.81. The lowest BCUT2D eigenvalue weighted by Crippen LogP contribution is -2.10. The van der Waals surface area contributed by atoms with E-state index < -0.39 is 0 Å². The van der Waals surface area contributed by atoms with E-state index in [-0.39, 0.29) is 11.7 Å². The molecule has 0 fully saturated rings. The van der Waals surface area contributed by atoms with E-state index in [1.165, 1.54) is 23.1 Å². The molecule has 120 valence electrons. The van der Waals surface area contributed by atoms with Crippen LogP contribution < -0.4 is 10.6 Å². The van der Waals surface area contributed by atoms with Crippen molar-refractivity contribution in [3.05, 3.63) is 29.3 Å². The normalized spacial score (nSPS) is 13.9. The smallest absolute Gasteiger partial charge is 0.224 e. The van der Waals surface area contributed by atoms with Crippen molar-refractivity contribution in [3.63, 3.8) is 0 Å². The highest BCUT2D eigenvalue weighted by atomic mass is 32.2. The van der Waals surface area contributed by atoms with Crippen LogP contribution in [0.3, 0.4) is 0 Å². The van der Waals surface area contributed by atoms with Crippen LogP contribution in [-0.2, 0) is 11.2 Å². The number of aryl methyl sites for hydroxylation is 1. The van der Waals surface area contributed by atoms with Gasteiger partial charge in [-0.3, -0.25) is 9.59 Å². The molecule has 0 aliphatic carbocycles. The summed E-state index contributed by atoms with van der Waals surface area (Å²) in [6.07, 6.45) is 2.14. The SMILES string of the molecule is CNc1nnc(SCC(=O)c2ccc3c(c2)CCCC(=O)N3)s1. The maximum atomic E-state index is 12.4. The minimum absolute atomic E-state index is 0.0370. The molecule has 1 aromatic heterocycles. The lowest BCUT2D eigenvalue weighted by molar-refractivity contribution is -0.116. The Kier molecular flexibility index (Phi) is 4.92. The van der Waals surface area contributed by atoms with E-state index in [2.05, 4.69) is 20.8 Å². The van der Waals surface area contributed by atoms with E-state index >= 15 is 0 Å². The summed E-state index contributed by atoms with van der Waals surface area (Å²) in [7, 11) is 1.79. The molecule has 0 saturated heterocycles. The fourth-order valence-corrected chi connectivity index (χ4v) is 3.93. The molecule has 1 aliphatic heterocycles. The van der Waals surface area contributed by atoms with Crippen LogP contribution in [0.1, 0.15) is 28.8 Å². The molecule has 0 saturated carbocycles. The first-order chi connectivity index (χ1) is 11.2. The fourth-order valence-electron chi connectivity index (χ4n) is 2.33. The van der Waals surface area contributed by atoms with Gasteiger partial charge < -0.3 is 10.6 Å². The van der Waals surface area contributed by atoms with E-state index in [0.29, 0.717) is 17.7 Å². The summed E-state index contributed by atoms with van der Waals surface area (Å²) in [5.41, 5.74) is 2.52. The Morgan fingerprint density at radius 1 is 1.39 bits per heavy atom. The summed E-state index contributed by atoms with van der Waals surface area (Å²) in [5, 5.41) is 14.5. The fraction of sp³-hybridized carbons (Fsp3) is 0.333. The van der Waals surface area contributed by atoms with Gasteiger partial charge in [-0.1, -0.05) is 23.1 Å². The van der Waals surface area contributed by atoms with Crippen molar-refractivity contribution < 1.29 is 9.59 Å². The van der Waals surface area contributed by atoms with Crippen molar-refractivity contribution in [1.29, 1.82) is 0 Å². The molecule has 0 radical (unpaired) electrons. The topological polar surface area (TPSA) is 84.0 Å². The number of thioether (sulfide) groups is 1. The number of fused-ring (bicyclic) bond motifs is 1. The lowest BCUT2D eigenvalue weighted by Gasteiger charge is -2.08. The number of hydrogen-bond acceptors (Lipinski definition) is 7. The van der Waals surface area contributed by atoms with Crippen molar-refractivity contribution >= 4 is 45.6 Å². The van der Waals surface area contributed by atoms with Crippen molar-refractivity contribution in [2.75, 3.05) is 23.4 Å². The number of carbonyl (C=O) groups is 2. The Hall–Kier alpha value is -1.93. The standard InChI is InChI=1S/C15H16N4O2S2/c1-16-14-18-19-15(23-14)22-8-12(20)10-5-6-11-9(7-10)3-2-4-13(21)17-11/h5-7H,2-4,8H2,1H3,(H,16,18)(H,17,21). The van der Waals surface area contributed by atoms with Crippen molar-refractivity contribution in [2.45, 2.75) is 23.6 Å². The number of carbonyl (C=O) groups excluding carboxylic acids is 2. The Morgan fingerprint density at radius 2 is 2.26 bits per heavy atom.